The number of nitrogens with zero attached hydrogens (tertiary/aromatic N) is 2. The largest absolute Gasteiger partial charge is 0.484 e. The summed E-state index contributed by atoms with van der Waals surface area (Å²) in [5.41, 5.74) is 0.779. The molecular weight excluding hydrogens is 387 g/mol. The molecule has 7 nitrogen and oxygen atoms in total. The number of halogens is 2. The predicted octanol–water partition coefficient (Wildman–Crippen LogP) is 2.57. The Morgan fingerprint density at radius 2 is 2.11 bits per heavy atom. The highest BCUT2D eigenvalue weighted by Crippen LogP contribution is 2.20. The van der Waals surface area contributed by atoms with Crippen molar-refractivity contribution in [3.05, 3.63) is 70.9 Å². The minimum absolute atomic E-state index is 0.0353. The average molecular weight is 403 g/mol. The molecule has 2 aromatic rings. The lowest BCUT2D eigenvalue weighted by molar-refractivity contribution is -0.123. The smallest absolute Gasteiger partial charge is 0.274 e. The highest BCUT2D eigenvalue weighted by molar-refractivity contribution is 6.30. The predicted molar refractivity (Wildman–Crippen MR) is 100 cm³/mol. The van der Waals surface area contributed by atoms with Crippen LogP contribution in [0.3, 0.4) is 0 Å². The van der Waals surface area contributed by atoms with Crippen molar-refractivity contribution >= 4 is 23.4 Å². The summed E-state index contributed by atoms with van der Waals surface area (Å²) in [4.78, 5) is 27.7. The van der Waals surface area contributed by atoms with E-state index in [4.69, 9.17) is 21.6 Å². The molecule has 0 bridgehead atoms. The van der Waals surface area contributed by atoms with Gasteiger partial charge in [-0.1, -0.05) is 18.2 Å². The molecule has 1 aromatic heterocycles. The van der Waals surface area contributed by atoms with Crippen LogP contribution in [-0.2, 0) is 4.79 Å². The molecule has 0 fully saturated rings. The van der Waals surface area contributed by atoms with Gasteiger partial charge < -0.3 is 15.4 Å². The quantitative estimate of drug-likeness (QED) is 0.706. The van der Waals surface area contributed by atoms with Crippen LogP contribution in [0.5, 0.6) is 5.75 Å². The van der Waals surface area contributed by atoms with Gasteiger partial charge in [0.15, 0.2) is 6.61 Å². The zero-order valence-corrected chi connectivity index (χ0v) is 15.4. The van der Waals surface area contributed by atoms with Crippen molar-refractivity contribution < 1.29 is 18.7 Å². The average Bonchev–Trinajstić information content (AvgIpc) is 2.68. The van der Waals surface area contributed by atoms with Crippen LogP contribution in [0.1, 0.15) is 22.5 Å². The number of carbonyl (C=O) groups excluding carboxylic acids is 2. The van der Waals surface area contributed by atoms with Crippen molar-refractivity contribution in [2.75, 3.05) is 13.2 Å². The van der Waals surface area contributed by atoms with Gasteiger partial charge in [-0.15, -0.1) is 0 Å². The minimum atomic E-state index is -0.638. The molecule has 0 radical (unpaired) electrons. The highest BCUT2D eigenvalue weighted by atomic mass is 35.5. The van der Waals surface area contributed by atoms with Gasteiger partial charge in [0.1, 0.15) is 17.3 Å². The molecule has 0 spiro atoms. The van der Waals surface area contributed by atoms with Crippen LogP contribution in [0.4, 0.5) is 4.39 Å². The summed E-state index contributed by atoms with van der Waals surface area (Å²) in [6.07, 6.45) is 1.65. The second-order valence-corrected chi connectivity index (χ2v) is 5.97. The Bertz CT molecular complexity index is 943. The number of nitrogens with one attached hydrogen (secondary N) is 2. The number of ether oxygens (including phenoxy) is 1. The molecule has 1 aromatic carbocycles. The molecule has 144 valence electrons. The van der Waals surface area contributed by atoms with Crippen molar-refractivity contribution in [2.24, 2.45) is 0 Å². The van der Waals surface area contributed by atoms with Crippen molar-refractivity contribution in [3.8, 4) is 11.8 Å². The first-order valence-electron chi connectivity index (χ1n) is 8.09. The molecule has 0 saturated heterocycles. The summed E-state index contributed by atoms with van der Waals surface area (Å²) in [5.74, 6) is -1.37. The number of nitriles is 1. The van der Waals surface area contributed by atoms with E-state index in [0.717, 1.165) is 6.07 Å². The fraction of sp³-hybridized carbons (Fsp3) is 0.158. The first kappa shape index (κ1) is 20.9. The summed E-state index contributed by atoms with van der Waals surface area (Å²) in [5, 5.41) is 13.9. The van der Waals surface area contributed by atoms with Gasteiger partial charge in [0, 0.05) is 30.9 Å². The second kappa shape index (κ2) is 10.0. The Labute approximate surface area is 165 Å². The number of pyridine rings is 1. The molecule has 1 heterocycles. The van der Waals surface area contributed by atoms with Crippen LogP contribution in [0.25, 0.3) is 0 Å². The Morgan fingerprint density at radius 3 is 2.82 bits per heavy atom. The molecule has 28 heavy (non-hydrogen) atoms. The van der Waals surface area contributed by atoms with Crippen LogP contribution < -0.4 is 15.4 Å². The monoisotopic (exact) mass is 402 g/mol. The number of hydrogen-bond acceptors (Lipinski definition) is 5. The third-order valence-electron chi connectivity index (χ3n) is 3.42. The molecule has 0 aliphatic carbocycles. The maximum absolute atomic E-state index is 13.3. The normalized spacial score (nSPS) is 9.89. The van der Waals surface area contributed by atoms with Gasteiger partial charge in [-0.2, -0.15) is 5.26 Å². The van der Waals surface area contributed by atoms with Gasteiger partial charge in [-0.05, 0) is 24.3 Å². The lowest BCUT2D eigenvalue weighted by Crippen LogP contribution is -2.31. The molecule has 2 N–H and O–H groups in total. The van der Waals surface area contributed by atoms with E-state index in [0.29, 0.717) is 11.3 Å². The zero-order valence-electron chi connectivity index (χ0n) is 14.7. The van der Waals surface area contributed by atoms with Gasteiger partial charge >= 0.3 is 0 Å². The molecule has 0 unspecified atom stereocenters. The summed E-state index contributed by atoms with van der Waals surface area (Å²) < 4.78 is 18.5. The van der Waals surface area contributed by atoms with E-state index in [-0.39, 0.29) is 36.0 Å². The van der Waals surface area contributed by atoms with E-state index in [1.165, 1.54) is 30.5 Å². The van der Waals surface area contributed by atoms with Crippen LogP contribution in [0.2, 0.25) is 5.02 Å². The lowest BCUT2D eigenvalue weighted by Gasteiger charge is -2.10. The summed E-state index contributed by atoms with van der Waals surface area (Å²) in [6, 6.07) is 8.64. The highest BCUT2D eigenvalue weighted by Gasteiger charge is 2.10. The van der Waals surface area contributed by atoms with Gasteiger partial charge in [-0.3, -0.25) is 14.6 Å². The SMILES string of the molecule is C=C(CCNC(=O)COc1ccc(Cl)c(F)c1)NC(=O)c1cc(C#N)ccn1. The number of rotatable bonds is 8. The fourth-order valence-corrected chi connectivity index (χ4v) is 2.15. The van der Waals surface area contributed by atoms with Gasteiger partial charge in [0.2, 0.25) is 0 Å². The molecule has 0 saturated carbocycles. The number of carbonyl (C=O) groups is 2. The maximum atomic E-state index is 13.3. The fourth-order valence-electron chi connectivity index (χ4n) is 2.03. The minimum Gasteiger partial charge on any atom is -0.484 e. The molecule has 0 aliphatic heterocycles. The molecule has 9 heteroatoms. The van der Waals surface area contributed by atoms with Crippen LogP contribution in [0.15, 0.2) is 48.8 Å². The third kappa shape index (κ3) is 6.37. The van der Waals surface area contributed by atoms with E-state index in [1.807, 2.05) is 6.07 Å². The van der Waals surface area contributed by atoms with Gasteiger partial charge in [0.05, 0.1) is 16.7 Å². The molecular formula is C19H16ClFN4O3. The summed E-state index contributed by atoms with van der Waals surface area (Å²) in [7, 11) is 0. The Balaban J connectivity index is 1.71. The Kier molecular flexibility index (Phi) is 7.48. The summed E-state index contributed by atoms with van der Waals surface area (Å²) in [6.45, 7) is 3.62. The number of benzene rings is 1. The number of amides is 2. The molecule has 2 amide bonds. The number of aromatic nitrogens is 1. The van der Waals surface area contributed by atoms with E-state index < -0.39 is 17.6 Å². The Morgan fingerprint density at radius 1 is 1.32 bits per heavy atom. The van der Waals surface area contributed by atoms with E-state index >= 15 is 0 Å². The topological polar surface area (TPSA) is 104 Å². The lowest BCUT2D eigenvalue weighted by atomic mass is 10.2. The van der Waals surface area contributed by atoms with Crippen molar-refractivity contribution in [3.63, 3.8) is 0 Å². The molecule has 2 rings (SSSR count). The zero-order chi connectivity index (χ0) is 20.5. The maximum Gasteiger partial charge on any atom is 0.274 e. The van der Waals surface area contributed by atoms with Crippen LogP contribution in [0, 0.1) is 17.1 Å². The first-order chi connectivity index (χ1) is 13.4. The van der Waals surface area contributed by atoms with Crippen LogP contribution >= 0.6 is 11.6 Å². The second-order valence-electron chi connectivity index (χ2n) is 5.56. The van der Waals surface area contributed by atoms with E-state index in [1.54, 1.807) is 0 Å². The van der Waals surface area contributed by atoms with Crippen molar-refractivity contribution in [1.29, 1.82) is 5.26 Å². The standard InChI is InChI=1S/C19H16ClFN4O3/c1-12(25-19(27)17-8-13(10-22)5-7-23-17)4-6-24-18(26)11-28-14-2-3-15(20)16(21)9-14/h2-3,5,7-9H,1,4,6,11H2,(H,24,26)(H,25,27). The Hall–Kier alpha value is -3.44. The van der Waals surface area contributed by atoms with Crippen molar-refractivity contribution in [2.45, 2.75) is 6.42 Å². The molecule has 0 atom stereocenters. The van der Waals surface area contributed by atoms with Crippen molar-refractivity contribution in [1.82, 2.24) is 15.6 Å². The first-order valence-corrected chi connectivity index (χ1v) is 8.46. The molecule has 0 aliphatic rings. The van der Waals surface area contributed by atoms with Crippen LogP contribution in [-0.4, -0.2) is 29.9 Å². The third-order valence-corrected chi connectivity index (χ3v) is 3.73. The van der Waals surface area contributed by atoms with Gasteiger partial charge in [0.25, 0.3) is 11.8 Å². The summed E-state index contributed by atoms with van der Waals surface area (Å²) >= 11 is 5.57. The van der Waals surface area contributed by atoms with Gasteiger partial charge in [-0.25, -0.2) is 4.39 Å². The number of hydrogen-bond donors (Lipinski definition) is 2. The van der Waals surface area contributed by atoms with E-state index in [9.17, 15) is 14.0 Å². The van der Waals surface area contributed by atoms with E-state index in [2.05, 4.69) is 22.2 Å².